The highest BCUT2D eigenvalue weighted by Crippen LogP contribution is 2.22. The molecule has 2 aromatic carbocycles. The van der Waals surface area contributed by atoms with Crippen molar-refractivity contribution in [3.05, 3.63) is 89.0 Å². The monoisotopic (exact) mass is 381 g/mol. The SMILES string of the molecule is Cc1cc(/C=C(\C#N)c2nc3ccccc3[nH]2)c(C)n1NC(=O)c1ccccc1. The summed E-state index contributed by atoms with van der Waals surface area (Å²) in [6.45, 7) is 3.81. The van der Waals surface area contributed by atoms with Crippen molar-refractivity contribution in [1.82, 2.24) is 14.6 Å². The molecule has 0 spiro atoms. The molecule has 4 rings (SSSR count). The Morgan fingerprint density at radius 1 is 1.14 bits per heavy atom. The zero-order valence-electron chi connectivity index (χ0n) is 16.1. The number of nitriles is 1. The van der Waals surface area contributed by atoms with Crippen molar-refractivity contribution < 1.29 is 4.79 Å². The third-order valence-corrected chi connectivity index (χ3v) is 4.78. The number of H-pyrrole nitrogens is 1. The molecule has 29 heavy (non-hydrogen) atoms. The van der Waals surface area contributed by atoms with E-state index >= 15 is 0 Å². The van der Waals surface area contributed by atoms with Crippen LogP contribution in [0, 0.1) is 25.2 Å². The fourth-order valence-corrected chi connectivity index (χ4v) is 3.25. The number of aromatic nitrogens is 3. The fraction of sp³-hybridized carbons (Fsp3) is 0.0870. The zero-order chi connectivity index (χ0) is 20.4. The standard InChI is InChI=1S/C23H19N5O/c1-15-12-18(16(2)28(15)27-23(29)17-8-4-3-5-9-17)13-19(14-24)22-25-20-10-6-7-11-21(20)26-22/h3-13H,1-2H3,(H,25,26)(H,27,29)/b19-13+. The lowest BCUT2D eigenvalue weighted by molar-refractivity contribution is 0.101. The Bertz CT molecular complexity index is 1240. The van der Waals surface area contributed by atoms with Gasteiger partial charge in [-0.05, 0) is 55.8 Å². The molecule has 6 nitrogen and oxygen atoms in total. The van der Waals surface area contributed by atoms with Crippen molar-refractivity contribution in [3.8, 4) is 6.07 Å². The molecule has 0 radical (unpaired) electrons. The number of carbonyl (C=O) groups excluding carboxylic acids is 1. The van der Waals surface area contributed by atoms with Crippen LogP contribution in [0.2, 0.25) is 0 Å². The first kappa shape index (κ1) is 18.3. The fourth-order valence-electron chi connectivity index (χ4n) is 3.25. The van der Waals surface area contributed by atoms with Crippen molar-refractivity contribution >= 4 is 28.6 Å². The Labute approximate surface area is 168 Å². The van der Waals surface area contributed by atoms with Gasteiger partial charge in [-0.3, -0.25) is 14.9 Å². The third kappa shape index (κ3) is 3.54. The van der Waals surface area contributed by atoms with Crippen LogP contribution in [-0.2, 0) is 0 Å². The van der Waals surface area contributed by atoms with Gasteiger partial charge in [-0.25, -0.2) is 4.98 Å². The van der Waals surface area contributed by atoms with Gasteiger partial charge in [0.1, 0.15) is 11.9 Å². The number of para-hydroxylation sites is 2. The molecule has 2 heterocycles. The molecule has 2 aromatic heterocycles. The molecular formula is C23H19N5O. The molecule has 0 aliphatic rings. The number of allylic oxidation sites excluding steroid dienone is 1. The first-order valence-electron chi connectivity index (χ1n) is 9.19. The largest absolute Gasteiger partial charge is 0.337 e. The number of nitrogens with one attached hydrogen (secondary N) is 2. The molecule has 0 aliphatic carbocycles. The molecule has 142 valence electrons. The maximum atomic E-state index is 12.5. The van der Waals surface area contributed by atoms with Gasteiger partial charge >= 0.3 is 0 Å². The molecule has 0 aliphatic heterocycles. The van der Waals surface area contributed by atoms with Crippen LogP contribution in [0.4, 0.5) is 0 Å². The molecule has 1 amide bonds. The summed E-state index contributed by atoms with van der Waals surface area (Å²) in [6, 6.07) is 20.8. The number of nitrogens with zero attached hydrogens (tertiary/aromatic N) is 3. The van der Waals surface area contributed by atoms with E-state index in [2.05, 4.69) is 21.5 Å². The highest BCUT2D eigenvalue weighted by Gasteiger charge is 2.14. The topological polar surface area (TPSA) is 86.5 Å². The minimum Gasteiger partial charge on any atom is -0.337 e. The van der Waals surface area contributed by atoms with E-state index in [-0.39, 0.29) is 5.91 Å². The van der Waals surface area contributed by atoms with Gasteiger partial charge in [-0.1, -0.05) is 30.3 Å². The number of imidazole rings is 1. The van der Waals surface area contributed by atoms with Crippen LogP contribution >= 0.6 is 0 Å². The van der Waals surface area contributed by atoms with Gasteiger partial charge in [-0.15, -0.1) is 0 Å². The van der Waals surface area contributed by atoms with Crippen LogP contribution in [0.25, 0.3) is 22.7 Å². The highest BCUT2D eigenvalue weighted by atomic mass is 16.2. The van der Waals surface area contributed by atoms with E-state index in [1.165, 1.54) is 0 Å². The average molecular weight is 381 g/mol. The molecule has 4 aromatic rings. The number of rotatable bonds is 4. The van der Waals surface area contributed by atoms with Crippen molar-refractivity contribution in [2.45, 2.75) is 13.8 Å². The Balaban J connectivity index is 1.67. The summed E-state index contributed by atoms with van der Waals surface area (Å²) in [5.74, 6) is 0.326. The summed E-state index contributed by atoms with van der Waals surface area (Å²) >= 11 is 0. The summed E-state index contributed by atoms with van der Waals surface area (Å²) in [5, 5.41) is 9.67. The summed E-state index contributed by atoms with van der Waals surface area (Å²) in [4.78, 5) is 20.2. The maximum absolute atomic E-state index is 12.5. The van der Waals surface area contributed by atoms with E-state index < -0.39 is 0 Å². The second-order valence-corrected chi connectivity index (χ2v) is 6.74. The number of hydrogen-bond donors (Lipinski definition) is 2. The van der Waals surface area contributed by atoms with Crippen LogP contribution in [0.3, 0.4) is 0 Å². The molecule has 0 saturated heterocycles. The van der Waals surface area contributed by atoms with Crippen LogP contribution in [-0.4, -0.2) is 20.6 Å². The van der Waals surface area contributed by atoms with Crippen LogP contribution < -0.4 is 5.43 Å². The zero-order valence-corrected chi connectivity index (χ0v) is 16.1. The molecule has 0 saturated carbocycles. The maximum Gasteiger partial charge on any atom is 0.270 e. The Morgan fingerprint density at radius 3 is 2.59 bits per heavy atom. The summed E-state index contributed by atoms with van der Waals surface area (Å²) in [5.41, 5.74) is 8.14. The Hall–Kier alpha value is -4.11. The van der Waals surface area contributed by atoms with E-state index in [1.807, 2.05) is 62.4 Å². The second kappa shape index (κ2) is 7.49. The number of aryl methyl sites for hydroxylation is 1. The first-order chi connectivity index (χ1) is 14.1. The van der Waals surface area contributed by atoms with Crippen LogP contribution in [0.15, 0.2) is 60.7 Å². The lowest BCUT2D eigenvalue weighted by atomic mass is 10.1. The lowest BCUT2D eigenvalue weighted by Crippen LogP contribution is -2.24. The first-order valence-corrected chi connectivity index (χ1v) is 9.19. The van der Waals surface area contributed by atoms with E-state index in [1.54, 1.807) is 22.9 Å². The van der Waals surface area contributed by atoms with Crippen LogP contribution in [0.5, 0.6) is 0 Å². The highest BCUT2D eigenvalue weighted by molar-refractivity contribution is 6.00. The number of amides is 1. The molecule has 0 atom stereocenters. The minimum atomic E-state index is -0.194. The Morgan fingerprint density at radius 2 is 1.86 bits per heavy atom. The molecule has 0 fully saturated rings. The van der Waals surface area contributed by atoms with E-state index in [4.69, 9.17) is 0 Å². The molecular weight excluding hydrogens is 362 g/mol. The normalized spacial score (nSPS) is 11.4. The Kier molecular flexibility index (Phi) is 4.71. The van der Waals surface area contributed by atoms with Crippen molar-refractivity contribution in [3.63, 3.8) is 0 Å². The van der Waals surface area contributed by atoms with Gasteiger partial charge in [0.15, 0.2) is 0 Å². The number of carbonyl (C=O) groups is 1. The smallest absolute Gasteiger partial charge is 0.270 e. The van der Waals surface area contributed by atoms with Gasteiger partial charge in [0.05, 0.1) is 16.6 Å². The quantitative estimate of drug-likeness (QED) is 0.513. The third-order valence-electron chi connectivity index (χ3n) is 4.78. The molecule has 0 bridgehead atoms. The number of aromatic amines is 1. The van der Waals surface area contributed by atoms with Gasteiger partial charge < -0.3 is 4.98 Å². The van der Waals surface area contributed by atoms with Gasteiger partial charge in [0.25, 0.3) is 5.91 Å². The van der Waals surface area contributed by atoms with Gasteiger partial charge in [0.2, 0.25) is 0 Å². The van der Waals surface area contributed by atoms with E-state index in [0.29, 0.717) is 17.0 Å². The predicted octanol–water partition coefficient (Wildman–Crippen LogP) is 4.43. The van der Waals surface area contributed by atoms with Gasteiger partial charge in [-0.2, -0.15) is 5.26 Å². The van der Waals surface area contributed by atoms with Crippen LogP contribution in [0.1, 0.15) is 33.1 Å². The predicted molar refractivity (Wildman–Crippen MR) is 114 cm³/mol. The van der Waals surface area contributed by atoms with Crippen molar-refractivity contribution in [2.24, 2.45) is 0 Å². The summed E-state index contributed by atoms with van der Waals surface area (Å²) in [6.07, 6.45) is 1.78. The summed E-state index contributed by atoms with van der Waals surface area (Å²) < 4.78 is 1.73. The lowest BCUT2D eigenvalue weighted by Gasteiger charge is -2.11. The van der Waals surface area contributed by atoms with Gasteiger partial charge in [0, 0.05) is 17.0 Å². The van der Waals surface area contributed by atoms with Crippen molar-refractivity contribution in [2.75, 3.05) is 5.43 Å². The number of benzene rings is 2. The molecule has 2 N–H and O–H groups in total. The molecule has 0 unspecified atom stereocenters. The average Bonchev–Trinajstić information content (AvgIpc) is 3.28. The van der Waals surface area contributed by atoms with E-state index in [9.17, 15) is 10.1 Å². The second-order valence-electron chi connectivity index (χ2n) is 6.74. The molecule has 6 heteroatoms. The van der Waals surface area contributed by atoms with Crippen molar-refractivity contribution in [1.29, 1.82) is 5.26 Å². The number of hydrogen-bond acceptors (Lipinski definition) is 3. The number of fused-ring (bicyclic) bond motifs is 1. The van der Waals surface area contributed by atoms with E-state index in [0.717, 1.165) is 28.0 Å². The minimum absolute atomic E-state index is 0.194. The summed E-state index contributed by atoms with van der Waals surface area (Å²) in [7, 11) is 0.